The number of hydrogen-bond acceptors (Lipinski definition) is 5. The van der Waals surface area contributed by atoms with E-state index in [4.69, 9.17) is 9.47 Å². The molecule has 7 heteroatoms. The number of ether oxygens (including phenoxy) is 2. The van der Waals surface area contributed by atoms with Gasteiger partial charge in [-0.3, -0.25) is 14.9 Å². The molecule has 0 aliphatic heterocycles. The van der Waals surface area contributed by atoms with E-state index in [0.29, 0.717) is 12.3 Å². The van der Waals surface area contributed by atoms with Crippen molar-refractivity contribution in [1.82, 2.24) is 10.6 Å². The van der Waals surface area contributed by atoms with Crippen LogP contribution in [0.5, 0.6) is 5.75 Å². The molecule has 1 aromatic rings. The molecule has 0 radical (unpaired) electrons. The summed E-state index contributed by atoms with van der Waals surface area (Å²) >= 11 is 0. The van der Waals surface area contributed by atoms with Gasteiger partial charge in [-0.05, 0) is 18.6 Å². The molecule has 0 aromatic heterocycles. The Balaban J connectivity index is 2.12. The van der Waals surface area contributed by atoms with Gasteiger partial charge in [0.05, 0.1) is 13.0 Å². The molecule has 120 valence electrons. The van der Waals surface area contributed by atoms with Crippen molar-refractivity contribution in [2.45, 2.75) is 19.8 Å². The molecule has 0 bridgehead atoms. The Bertz CT molecular complexity index is 490. The minimum absolute atomic E-state index is 0.0181. The monoisotopic (exact) mass is 308 g/mol. The zero-order valence-electron chi connectivity index (χ0n) is 12.5. The second kappa shape index (κ2) is 10.2. The van der Waals surface area contributed by atoms with Gasteiger partial charge in [-0.25, -0.2) is 4.79 Å². The molecular weight excluding hydrogens is 288 g/mol. The van der Waals surface area contributed by atoms with Crippen molar-refractivity contribution in [3.63, 3.8) is 0 Å². The third kappa shape index (κ3) is 7.88. The van der Waals surface area contributed by atoms with E-state index in [2.05, 4.69) is 10.6 Å². The van der Waals surface area contributed by atoms with Crippen LogP contribution in [0.15, 0.2) is 30.3 Å². The molecule has 0 unspecified atom stereocenters. The second-order valence-corrected chi connectivity index (χ2v) is 4.38. The highest BCUT2D eigenvalue weighted by Crippen LogP contribution is 2.08. The fraction of sp³-hybridized carbons (Fsp3) is 0.400. The fourth-order valence-corrected chi connectivity index (χ4v) is 1.43. The third-order valence-electron chi connectivity index (χ3n) is 2.47. The maximum absolute atomic E-state index is 11.4. The molecule has 0 aliphatic carbocycles. The molecule has 2 N–H and O–H groups in total. The lowest BCUT2D eigenvalue weighted by Gasteiger charge is -2.07. The van der Waals surface area contributed by atoms with Gasteiger partial charge in [-0.1, -0.05) is 25.1 Å². The van der Waals surface area contributed by atoms with E-state index in [1.54, 1.807) is 12.1 Å². The Morgan fingerprint density at radius 3 is 2.55 bits per heavy atom. The minimum atomic E-state index is -0.675. The first-order valence-electron chi connectivity index (χ1n) is 7.03. The number of para-hydroxylation sites is 1. The molecule has 0 aliphatic rings. The first-order valence-corrected chi connectivity index (χ1v) is 7.03. The number of rotatable bonds is 8. The van der Waals surface area contributed by atoms with Crippen LogP contribution in [0.3, 0.4) is 0 Å². The van der Waals surface area contributed by atoms with Crippen LogP contribution in [-0.4, -0.2) is 37.7 Å². The number of amides is 3. The maximum Gasteiger partial charge on any atom is 0.321 e. The molecule has 3 amide bonds. The normalized spacial score (nSPS) is 9.68. The lowest BCUT2D eigenvalue weighted by Crippen LogP contribution is -2.41. The van der Waals surface area contributed by atoms with Crippen molar-refractivity contribution in [2.24, 2.45) is 0 Å². The van der Waals surface area contributed by atoms with Gasteiger partial charge in [0, 0.05) is 6.54 Å². The molecule has 0 saturated carbocycles. The summed E-state index contributed by atoms with van der Waals surface area (Å²) < 4.78 is 10.1. The average Bonchev–Trinajstić information content (AvgIpc) is 2.52. The predicted molar refractivity (Wildman–Crippen MR) is 79.3 cm³/mol. The molecule has 1 rings (SSSR count). The van der Waals surface area contributed by atoms with E-state index >= 15 is 0 Å². The number of hydrogen-bond donors (Lipinski definition) is 2. The number of esters is 1. The van der Waals surface area contributed by atoms with Gasteiger partial charge >= 0.3 is 12.0 Å². The first kappa shape index (κ1) is 17.5. The van der Waals surface area contributed by atoms with Crippen LogP contribution in [0, 0.1) is 0 Å². The van der Waals surface area contributed by atoms with E-state index in [9.17, 15) is 14.4 Å². The van der Waals surface area contributed by atoms with Crippen molar-refractivity contribution in [3.05, 3.63) is 30.3 Å². The highest BCUT2D eigenvalue weighted by Gasteiger charge is 2.10. The molecule has 0 heterocycles. The zero-order valence-corrected chi connectivity index (χ0v) is 12.5. The van der Waals surface area contributed by atoms with Crippen LogP contribution in [0.2, 0.25) is 0 Å². The third-order valence-corrected chi connectivity index (χ3v) is 2.47. The summed E-state index contributed by atoms with van der Waals surface area (Å²) in [7, 11) is 0. The summed E-state index contributed by atoms with van der Waals surface area (Å²) in [5.41, 5.74) is 0. The standard InChI is InChI=1S/C15H20N2O5/c1-2-9-16-15(20)17-13(18)11-22-14(19)8-10-21-12-6-4-3-5-7-12/h3-7H,2,8-11H2,1H3,(H2,16,17,18,20). The van der Waals surface area contributed by atoms with Crippen molar-refractivity contribution in [2.75, 3.05) is 19.8 Å². The largest absolute Gasteiger partial charge is 0.493 e. The lowest BCUT2D eigenvalue weighted by atomic mass is 10.3. The summed E-state index contributed by atoms with van der Waals surface area (Å²) in [5.74, 6) is -0.591. The predicted octanol–water partition coefficient (Wildman–Crippen LogP) is 1.23. The Kier molecular flexibility index (Phi) is 8.10. The summed E-state index contributed by atoms with van der Waals surface area (Å²) in [4.78, 5) is 33.9. The minimum Gasteiger partial charge on any atom is -0.493 e. The zero-order chi connectivity index (χ0) is 16.2. The van der Waals surface area contributed by atoms with Gasteiger partial charge < -0.3 is 14.8 Å². The summed E-state index contributed by atoms with van der Waals surface area (Å²) in [6.07, 6.45) is 0.780. The quantitative estimate of drug-likeness (QED) is 0.705. The number of carbonyl (C=O) groups is 3. The number of benzene rings is 1. The number of nitrogens with one attached hydrogen (secondary N) is 2. The van der Waals surface area contributed by atoms with Crippen LogP contribution in [0.25, 0.3) is 0 Å². The van der Waals surface area contributed by atoms with Gasteiger partial charge in [0.2, 0.25) is 0 Å². The topological polar surface area (TPSA) is 93.7 Å². The van der Waals surface area contributed by atoms with E-state index in [1.165, 1.54) is 0 Å². The molecule has 22 heavy (non-hydrogen) atoms. The molecule has 0 atom stereocenters. The van der Waals surface area contributed by atoms with Gasteiger partial charge in [-0.2, -0.15) is 0 Å². The van der Waals surface area contributed by atoms with Gasteiger partial charge in [0.25, 0.3) is 5.91 Å². The van der Waals surface area contributed by atoms with Crippen LogP contribution >= 0.6 is 0 Å². The Morgan fingerprint density at radius 1 is 1.14 bits per heavy atom. The molecule has 1 aromatic carbocycles. The smallest absolute Gasteiger partial charge is 0.321 e. The Labute approximate surface area is 129 Å². The molecule has 0 spiro atoms. The summed E-state index contributed by atoms with van der Waals surface area (Å²) in [6.45, 7) is 2.02. The highest BCUT2D eigenvalue weighted by molar-refractivity contribution is 5.95. The molecule has 0 saturated heterocycles. The molecular formula is C15H20N2O5. The summed E-state index contributed by atoms with van der Waals surface area (Å²) in [5, 5.41) is 4.53. The van der Waals surface area contributed by atoms with Crippen LogP contribution in [0.4, 0.5) is 4.79 Å². The summed E-state index contributed by atoms with van der Waals surface area (Å²) in [6, 6.07) is 8.44. The number of carbonyl (C=O) groups excluding carboxylic acids is 3. The van der Waals surface area contributed by atoms with E-state index < -0.39 is 24.5 Å². The van der Waals surface area contributed by atoms with E-state index in [1.807, 2.05) is 25.1 Å². The maximum atomic E-state index is 11.4. The number of imide groups is 1. The van der Waals surface area contributed by atoms with Gasteiger partial charge in [0.1, 0.15) is 5.75 Å². The van der Waals surface area contributed by atoms with Crippen LogP contribution in [0.1, 0.15) is 19.8 Å². The second-order valence-electron chi connectivity index (χ2n) is 4.38. The van der Waals surface area contributed by atoms with Crippen LogP contribution in [-0.2, 0) is 14.3 Å². The Hall–Kier alpha value is -2.57. The number of urea groups is 1. The average molecular weight is 308 g/mol. The van der Waals surface area contributed by atoms with Gasteiger partial charge in [-0.15, -0.1) is 0 Å². The first-order chi connectivity index (χ1) is 10.6. The Morgan fingerprint density at radius 2 is 1.86 bits per heavy atom. The van der Waals surface area contributed by atoms with E-state index in [-0.39, 0.29) is 13.0 Å². The van der Waals surface area contributed by atoms with E-state index in [0.717, 1.165) is 6.42 Å². The highest BCUT2D eigenvalue weighted by atomic mass is 16.5. The van der Waals surface area contributed by atoms with Crippen molar-refractivity contribution < 1.29 is 23.9 Å². The van der Waals surface area contributed by atoms with Crippen molar-refractivity contribution in [1.29, 1.82) is 0 Å². The fourth-order valence-electron chi connectivity index (χ4n) is 1.43. The van der Waals surface area contributed by atoms with Gasteiger partial charge in [0.15, 0.2) is 6.61 Å². The lowest BCUT2D eigenvalue weighted by molar-refractivity contribution is -0.148. The van der Waals surface area contributed by atoms with Crippen molar-refractivity contribution >= 4 is 17.9 Å². The molecule has 7 nitrogen and oxygen atoms in total. The molecule has 0 fully saturated rings. The SMILES string of the molecule is CCCNC(=O)NC(=O)COC(=O)CCOc1ccccc1. The van der Waals surface area contributed by atoms with Crippen molar-refractivity contribution in [3.8, 4) is 5.75 Å². The van der Waals surface area contributed by atoms with Crippen LogP contribution < -0.4 is 15.4 Å².